The van der Waals surface area contributed by atoms with Crippen molar-refractivity contribution in [2.24, 2.45) is 0 Å². The van der Waals surface area contributed by atoms with Crippen molar-refractivity contribution in [3.05, 3.63) is 69.7 Å². The van der Waals surface area contributed by atoms with Crippen LogP contribution >= 0.6 is 0 Å². The van der Waals surface area contributed by atoms with Gasteiger partial charge in [-0.1, -0.05) is 18.2 Å². The van der Waals surface area contributed by atoms with E-state index in [-0.39, 0.29) is 24.0 Å². The van der Waals surface area contributed by atoms with Crippen LogP contribution in [0.3, 0.4) is 0 Å². The van der Waals surface area contributed by atoms with Crippen LogP contribution in [0.1, 0.15) is 16.7 Å². The standard InChI is InChI=1S/C25H24N2O7/c1-13-17(25(31)34-21-10-15(32-2)9-20(33-3)23(13)21)11-22(28)27-19(24(29)30)8-14-12-26-18-7-5-4-6-16(14)18/h4-7,9-10,12,19,26H,8,11H2,1-3H3,(H,27,28)(H,29,30)/t19-/m0/s1. The predicted molar refractivity (Wildman–Crippen MR) is 126 cm³/mol. The number of hydrogen-bond acceptors (Lipinski definition) is 6. The van der Waals surface area contributed by atoms with Crippen LogP contribution in [0.5, 0.6) is 11.5 Å². The van der Waals surface area contributed by atoms with Gasteiger partial charge in [-0.15, -0.1) is 0 Å². The molecule has 0 aliphatic heterocycles. The highest BCUT2D eigenvalue weighted by Crippen LogP contribution is 2.33. The summed E-state index contributed by atoms with van der Waals surface area (Å²) in [5.41, 5.74) is 1.88. The first kappa shape index (κ1) is 22.9. The third-order valence-electron chi connectivity index (χ3n) is 5.84. The highest BCUT2D eigenvalue weighted by Gasteiger charge is 2.24. The van der Waals surface area contributed by atoms with Crippen LogP contribution in [0.15, 0.2) is 51.8 Å². The second-order valence-corrected chi connectivity index (χ2v) is 7.89. The number of aromatic nitrogens is 1. The maximum absolute atomic E-state index is 12.8. The summed E-state index contributed by atoms with van der Waals surface area (Å²) in [6.45, 7) is 1.69. The molecule has 4 rings (SSSR count). The van der Waals surface area contributed by atoms with Gasteiger partial charge in [-0.05, 0) is 24.1 Å². The maximum Gasteiger partial charge on any atom is 0.340 e. The highest BCUT2D eigenvalue weighted by molar-refractivity contribution is 5.91. The number of aromatic amines is 1. The summed E-state index contributed by atoms with van der Waals surface area (Å²) in [7, 11) is 2.97. The number of nitrogens with one attached hydrogen (secondary N) is 2. The lowest BCUT2D eigenvalue weighted by atomic mass is 10.0. The van der Waals surface area contributed by atoms with Gasteiger partial charge in [0.2, 0.25) is 5.91 Å². The minimum atomic E-state index is -1.17. The Morgan fingerprint density at radius 1 is 1.18 bits per heavy atom. The second kappa shape index (κ2) is 9.30. The summed E-state index contributed by atoms with van der Waals surface area (Å²) >= 11 is 0. The van der Waals surface area contributed by atoms with Gasteiger partial charge in [0.05, 0.1) is 31.6 Å². The third kappa shape index (κ3) is 4.32. The zero-order chi connectivity index (χ0) is 24.4. The number of carboxylic acids is 1. The Kier molecular flexibility index (Phi) is 6.27. The van der Waals surface area contributed by atoms with Gasteiger partial charge in [-0.2, -0.15) is 0 Å². The SMILES string of the molecule is COc1cc(OC)c2c(C)c(CC(=O)N[C@@H](Cc3c[nH]c4ccccc34)C(=O)O)c(=O)oc2c1. The third-order valence-corrected chi connectivity index (χ3v) is 5.84. The molecule has 0 aliphatic carbocycles. The fourth-order valence-electron chi connectivity index (χ4n) is 4.09. The number of carbonyl (C=O) groups is 2. The molecular formula is C25H24N2O7. The molecule has 176 valence electrons. The normalized spacial score (nSPS) is 12.0. The smallest absolute Gasteiger partial charge is 0.340 e. The lowest BCUT2D eigenvalue weighted by molar-refractivity contribution is -0.141. The van der Waals surface area contributed by atoms with Crippen molar-refractivity contribution < 1.29 is 28.6 Å². The molecule has 0 radical (unpaired) electrons. The van der Waals surface area contributed by atoms with Crippen LogP contribution in [0, 0.1) is 6.92 Å². The van der Waals surface area contributed by atoms with E-state index in [1.54, 1.807) is 25.3 Å². The Balaban J connectivity index is 1.60. The number of aryl methyl sites for hydroxylation is 1. The molecule has 2 heterocycles. The number of H-pyrrole nitrogens is 1. The summed E-state index contributed by atoms with van der Waals surface area (Å²) in [5.74, 6) is -0.886. The molecule has 9 nitrogen and oxygen atoms in total. The van der Waals surface area contributed by atoms with Gasteiger partial charge < -0.3 is 29.3 Å². The number of ether oxygens (including phenoxy) is 2. The van der Waals surface area contributed by atoms with E-state index in [0.29, 0.717) is 22.4 Å². The lowest BCUT2D eigenvalue weighted by Gasteiger charge is -2.16. The van der Waals surface area contributed by atoms with Crippen LogP contribution < -0.4 is 20.4 Å². The Morgan fingerprint density at radius 2 is 1.94 bits per heavy atom. The van der Waals surface area contributed by atoms with Gasteiger partial charge in [0, 0.05) is 35.7 Å². The summed E-state index contributed by atoms with van der Waals surface area (Å²) in [4.78, 5) is 40.4. The Bertz CT molecular complexity index is 1450. The average Bonchev–Trinajstić information content (AvgIpc) is 3.23. The predicted octanol–water partition coefficient (Wildman–Crippen LogP) is 2.95. The van der Waals surface area contributed by atoms with Crippen LogP contribution in [-0.2, 0) is 22.4 Å². The summed E-state index contributed by atoms with van der Waals surface area (Å²) in [6.07, 6.45) is 1.48. The molecule has 9 heteroatoms. The van der Waals surface area contributed by atoms with E-state index >= 15 is 0 Å². The van der Waals surface area contributed by atoms with E-state index in [2.05, 4.69) is 10.3 Å². The van der Waals surface area contributed by atoms with E-state index in [4.69, 9.17) is 13.9 Å². The molecule has 34 heavy (non-hydrogen) atoms. The molecule has 0 saturated heterocycles. The molecule has 0 aliphatic rings. The first-order chi connectivity index (χ1) is 16.3. The zero-order valence-corrected chi connectivity index (χ0v) is 18.9. The van der Waals surface area contributed by atoms with E-state index in [9.17, 15) is 19.5 Å². The maximum atomic E-state index is 12.8. The monoisotopic (exact) mass is 464 g/mol. The molecule has 0 bridgehead atoms. The van der Waals surface area contributed by atoms with Crippen molar-refractivity contribution in [3.63, 3.8) is 0 Å². The number of benzene rings is 2. The van der Waals surface area contributed by atoms with Crippen molar-refractivity contribution in [2.75, 3.05) is 14.2 Å². The van der Waals surface area contributed by atoms with Gasteiger partial charge in [-0.3, -0.25) is 4.79 Å². The molecule has 0 saturated carbocycles. The molecule has 0 spiro atoms. The first-order valence-corrected chi connectivity index (χ1v) is 10.6. The van der Waals surface area contributed by atoms with Crippen molar-refractivity contribution >= 4 is 33.7 Å². The number of hydrogen-bond donors (Lipinski definition) is 3. The summed E-state index contributed by atoms with van der Waals surface area (Å²) < 4.78 is 16.1. The number of carbonyl (C=O) groups excluding carboxylic acids is 1. The number of methoxy groups -OCH3 is 2. The Morgan fingerprint density at radius 3 is 2.65 bits per heavy atom. The van der Waals surface area contributed by atoms with Gasteiger partial charge in [0.25, 0.3) is 0 Å². The fraction of sp³-hybridized carbons (Fsp3) is 0.240. The minimum Gasteiger partial charge on any atom is -0.496 e. The van der Waals surface area contributed by atoms with Crippen LogP contribution in [0.2, 0.25) is 0 Å². The van der Waals surface area contributed by atoms with Crippen molar-refractivity contribution in [2.45, 2.75) is 25.8 Å². The molecule has 0 fully saturated rings. The van der Waals surface area contributed by atoms with Crippen LogP contribution in [0.25, 0.3) is 21.9 Å². The van der Waals surface area contributed by atoms with Crippen molar-refractivity contribution in [3.8, 4) is 11.5 Å². The number of para-hydroxylation sites is 1. The van der Waals surface area contributed by atoms with Crippen LogP contribution in [0.4, 0.5) is 0 Å². The Hall–Kier alpha value is -4.27. The summed E-state index contributed by atoms with van der Waals surface area (Å²) in [5, 5.41) is 13.7. The quantitative estimate of drug-likeness (QED) is 0.342. The highest BCUT2D eigenvalue weighted by atomic mass is 16.5. The molecule has 0 unspecified atom stereocenters. The number of amides is 1. The second-order valence-electron chi connectivity index (χ2n) is 7.89. The lowest BCUT2D eigenvalue weighted by Crippen LogP contribution is -2.43. The van der Waals surface area contributed by atoms with E-state index in [0.717, 1.165) is 16.5 Å². The van der Waals surface area contributed by atoms with E-state index < -0.39 is 23.5 Å². The summed E-state index contributed by atoms with van der Waals surface area (Å²) in [6, 6.07) is 9.56. The molecule has 4 aromatic rings. The largest absolute Gasteiger partial charge is 0.496 e. The molecule has 2 aromatic heterocycles. The zero-order valence-electron chi connectivity index (χ0n) is 18.9. The topological polar surface area (TPSA) is 131 Å². The van der Waals surface area contributed by atoms with Crippen molar-refractivity contribution in [1.29, 1.82) is 0 Å². The minimum absolute atomic E-state index is 0.0873. The molecule has 2 aromatic carbocycles. The van der Waals surface area contributed by atoms with Gasteiger partial charge >= 0.3 is 11.6 Å². The van der Waals surface area contributed by atoms with E-state index in [1.165, 1.54) is 14.2 Å². The fourth-order valence-corrected chi connectivity index (χ4v) is 4.09. The number of aliphatic carboxylic acids is 1. The molecular weight excluding hydrogens is 440 g/mol. The van der Waals surface area contributed by atoms with Crippen LogP contribution in [-0.4, -0.2) is 42.2 Å². The molecule has 1 atom stereocenters. The number of fused-ring (bicyclic) bond motifs is 2. The molecule has 1 amide bonds. The number of carboxylic acid groups (broad SMARTS) is 1. The first-order valence-electron chi connectivity index (χ1n) is 10.6. The molecule has 3 N–H and O–H groups in total. The van der Waals surface area contributed by atoms with Gasteiger partial charge in [0.1, 0.15) is 23.1 Å². The van der Waals surface area contributed by atoms with E-state index in [1.807, 2.05) is 24.3 Å². The van der Waals surface area contributed by atoms with Crippen molar-refractivity contribution in [1.82, 2.24) is 10.3 Å². The number of rotatable bonds is 8. The average molecular weight is 464 g/mol. The van der Waals surface area contributed by atoms with Gasteiger partial charge in [0.15, 0.2) is 0 Å². The Labute approximate surface area is 194 Å². The van der Waals surface area contributed by atoms with Gasteiger partial charge in [-0.25, -0.2) is 9.59 Å².